The van der Waals surface area contributed by atoms with E-state index in [1.807, 2.05) is 6.92 Å². The van der Waals surface area contributed by atoms with Gasteiger partial charge in [-0.15, -0.1) is 0 Å². The molecule has 0 aliphatic heterocycles. The van der Waals surface area contributed by atoms with E-state index in [9.17, 15) is 13.2 Å². The van der Waals surface area contributed by atoms with Gasteiger partial charge >= 0.3 is 0 Å². The highest BCUT2D eigenvalue weighted by atomic mass is 35.5. The number of halogens is 1. The van der Waals surface area contributed by atoms with Crippen LogP contribution >= 0.6 is 11.6 Å². The Labute approximate surface area is 147 Å². The number of aryl methyl sites for hydroxylation is 1. The van der Waals surface area contributed by atoms with Gasteiger partial charge in [0.2, 0.25) is 5.91 Å². The Morgan fingerprint density at radius 3 is 2.29 bits per heavy atom. The highest BCUT2D eigenvalue weighted by molar-refractivity contribution is 7.92. The monoisotopic (exact) mass is 366 g/mol. The van der Waals surface area contributed by atoms with Crippen molar-refractivity contribution < 1.29 is 13.2 Å². The normalized spacial score (nSPS) is 11.2. The third-order valence-corrected chi connectivity index (χ3v) is 5.62. The van der Waals surface area contributed by atoms with E-state index in [2.05, 4.69) is 5.32 Å². The molecule has 7 heteroatoms. The standard InChI is InChI=1S/C17H19ClN2O3S/c1-4-20(17-10-5-14(18)11-12(17)2)24(22,23)16-8-6-15(7-9-16)19-13(3)21/h5-11H,4H2,1-3H3,(H,19,21). The van der Waals surface area contributed by atoms with Crippen LogP contribution in [0.4, 0.5) is 11.4 Å². The van der Waals surface area contributed by atoms with E-state index in [1.54, 1.807) is 37.3 Å². The predicted molar refractivity (Wildman–Crippen MR) is 97.1 cm³/mol. The lowest BCUT2D eigenvalue weighted by Crippen LogP contribution is -2.31. The van der Waals surface area contributed by atoms with E-state index in [-0.39, 0.29) is 17.3 Å². The minimum atomic E-state index is -3.71. The van der Waals surface area contributed by atoms with Crippen LogP contribution in [0.3, 0.4) is 0 Å². The van der Waals surface area contributed by atoms with Gasteiger partial charge in [0.15, 0.2) is 0 Å². The highest BCUT2D eigenvalue weighted by Gasteiger charge is 2.24. The molecule has 0 radical (unpaired) electrons. The maximum Gasteiger partial charge on any atom is 0.264 e. The Morgan fingerprint density at radius 1 is 1.17 bits per heavy atom. The van der Waals surface area contributed by atoms with E-state index in [0.717, 1.165) is 5.56 Å². The zero-order valence-corrected chi connectivity index (χ0v) is 15.3. The fraction of sp³-hybridized carbons (Fsp3) is 0.235. The summed E-state index contributed by atoms with van der Waals surface area (Å²) < 4.78 is 27.2. The summed E-state index contributed by atoms with van der Waals surface area (Å²) in [6.07, 6.45) is 0. The molecule has 0 unspecified atom stereocenters. The predicted octanol–water partition coefficient (Wildman–Crippen LogP) is 3.82. The molecule has 2 rings (SSSR count). The molecule has 128 valence electrons. The van der Waals surface area contributed by atoms with Crippen LogP contribution in [0.25, 0.3) is 0 Å². The summed E-state index contributed by atoms with van der Waals surface area (Å²) in [5.74, 6) is -0.211. The Bertz CT molecular complexity index is 849. The lowest BCUT2D eigenvalue weighted by Gasteiger charge is -2.24. The van der Waals surface area contributed by atoms with Crippen LogP contribution in [0, 0.1) is 6.92 Å². The highest BCUT2D eigenvalue weighted by Crippen LogP contribution is 2.29. The van der Waals surface area contributed by atoms with Crippen LogP contribution in [-0.2, 0) is 14.8 Å². The summed E-state index contributed by atoms with van der Waals surface area (Å²) >= 11 is 5.95. The van der Waals surface area contributed by atoms with Crippen molar-refractivity contribution >= 4 is 38.9 Å². The minimum Gasteiger partial charge on any atom is -0.326 e. The number of anilines is 2. The van der Waals surface area contributed by atoms with Crippen molar-refractivity contribution in [2.24, 2.45) is 0 Å². The van der Waals surface area contributed by atoms with Crippen molar-refractivity contribution in [3.8, 4) is 0 Å². The van der Waals surface area contributed by atoms with Crippen molar-refractivity contribution in [1.29, 1.82) is 0 Å². The molecular weight excluding hydrogens is 348 g/mol. The van der Waals surface area contributed by atoms with Crippen molar-refractivity contribution in [1.82, 2.24) is 0 Å². The van der Waals surface area contributed by atoms with Gasteiger partial charge in [-0.3, -0.25) is 9.10 Å². The Balaban J connectivity index is 2.41. The molecule has 5 nitrogen and oxygen atoms in total. The van der Waals surface area contributed by atoms with Crippen LogP contribution in [0.1, 0.15) is 19.4 Å². The van der Waals surface area contributed by atoms with Crippen LogP contribution in [0.2, 0.25) is 5.02 Å². The first-order valence-corrected chi connectivity index (χ1v) is 9.24. The van der Waals surface area contributed by atoms with Gasteiger partial charge in [0.25, 0.3) is 10.0 Å². The molecule has 0 spiro atoms. The molecule has 0 fully saturated rings. The molecule has 1 N–H and O–H groups in total. The summed E-state index contributed by atoms with van der Waals surface area (Å²) in [6, 6.07) is 11.2. The smallest absolute Gasteiger partial charge is 0.264 e. The third kappa shape index (κ3) is 3.88. The molecule has 0 saturated heterocycles. The van der Waals surface area contributed by atoms with Crippen molar-refractivity contribution in [2.75, 3.05) is 16.2 Å². The first-order valence-electron chi connectivity index (χ1n) is 7.42. The zero-order chi connectivity index (χ0) is 17.9. The van der Waals surface area contributed by atoms with E-state index in [4.69, 9.17) is 11.6 Å². The number of nitrogens with zero attached hydrogens (tertiary/aromatic N) is 1. The number of amides is 1. The van der Waals surface area contributed by atoms with Gasteiger partial charge in [-0.1, -0.05) is 11.6 Å². The maximum absolute atomic E-state index is 12.9. The van der Waals surface area contributed by atoms with Gasteiger partial charge in [0, 0.05) is 24.2 Å². The first kappa shape index (κ1) is 18.3. The molecule has 24 heavy (non-hydrogen) atoms. The van der Waals surface area contributed by atoms with Crippen LogP contribution in [0.15, 0.2) is 47.4 Å². The average molecular weight is 367 g/mol. The second-order valence-electron chi connectivity index (χ2n) is 5.31. The average Bonchev–Trinajstić information content (AvgIpc) is 2.50. The number of carbonyl (C=O) groups is 1. The lowest BCUT2D eigenvalue weighted by molar-refractivity contribution is -0.114. The zero-order valence-electron chi connectivity index (χ0n) is 13.7. The summed E-state index contributed by atoms with van der Waals surface area (Å²) in [6.45, 7) is 5.28. The van der Waals surface area contributed by atoms with Gasteiger partial charge in [-0.25, -0.2) is 8.42 Å². The second-order valence-corrected chi connectivity index (χ2v) is 7.60. The first-order chi connectivity index (χ1) is 11.3. The summed E-state index contributed by atoms with van der Waals surface area (Å²) in [5, 5.41) is 3.17. The SMILES string of the molecule is CCN(c1ccc(Cl)cc1C)S(=O)(=O)c1ccc(NC(C)=O)cc1. The largest absolute Gasteiger partial charge is 0.326 e. The van der Waals surface area contributed by atoms with Gasteiger partial charge in [-0.05, 0) is 61.9 Å². The molecule has 2 aromatic carbocycles. The quantitative estimate of drug-likeness (QED) is 0.874. The van der Waals surface area contributed by atoms with Crippen molar-refractivity contribution in [2.45, 2.75) is 25.7 Å². The van der Waals surface area contributed by atoms with Crippen LogP contribution < -0.4 is 9.62 Å². The maximum atomic E-state index is 12.9. The summed E-state index contributed by atoms with van der Waals surface area (Å²) in [7, 11) is -3.71. The Kier molecular flexibility index (Phi) is 5.51. The summed E-state index contributed by atoms with van der Waals surface area (Å²) in [5.41, 5.74) is 1.92. The number of hydrogen-bond donors (Lipinski definition) is 1. The number of rotatable bonds is 5. The van der Waals surface area contributed by atoms with E-state index >= 15 is 0 Å². The van der Waals surface area contributed by atoms with Crippen LogP contribution in [-0.4, -0.2) is 20.9 Å². The summed E-state index contributed by atoms with van der Waals surface area (Å²) in [4.78, 5) is 11.2. The van der Waals surface area contributed by atoms with E-state index in [1.165, 1.54) is 23.4 Å². The Morgan fingerprint density at radius 2 is 1.79 bits per heavy atom. The minimum absolute atomic E-state index is 0.160. The molecule has 0 aliphatic carbocycles. The topological polar surface area (TPSA) is 66.5 Å². The van der Waals surface area contributed by atoms with E-state index in [0.29, 0.717) is 16.4 Å². The molecule has 2 aromatic rings. The second kappa shape index (κ2) is 7.23. The molecule has 0 atom stereocenters. The number of hydrogen-bond acceptors (Lipinski definition) is 3. The molecule has 0 aliphatic rings. The number of sulfonamides is 1. The molecule has 0 bridgehead atoms. The molecule has 0 heterocycles. The Hall–Kier alpha value is -2.05. The van der Waals surface area contributed by atoms with Gasteiger partial charge < -0.3 is 5.32 Å². The third-order valence-electron chi connectivity index (χ3n) is 3.48. The number of carbonyl (C=O) groups excluding carboxylic acids is 1. The molecular formula is C17H19ClN2O3S. The van der Waals surface area contributed by atoms with Gasteiger partial charge in [-0.2, -0.15) is 0 Å². The molecule has 1 amide bonds. The van der Waals surface area contributed by atoms with Crippen LogP contribution in [0.5, 0.6) is 0 Å². The lowest BCUT2D eigenvalue weighted by atomic mass is 10.2. The van der Waals surface area contributed by atoms with Crippen molar-refractivity contribution in [3.63, 3.8) is 0 Å². The molecule has 0 aromatic heterocycles. The van der Waals surface area contributed by atoms with E-state index < -0.39 is 10.0 Å². The fourth-order valence-electron chi connectivity index (χ4n) is 2.41. The number of benzene rings is 2. The number of nitrogens with one attached hydrogen (secondary N) is 1. The van der Waals surface area contributed by atoms with Crippen molar-refractivity contribution in [3.05, 3.63) is 53.1 Å². The van der Waals surface area contributed by atoms with Gasteiger partial charge in [0.1, 0.15) is 0 Å². The fourth-order valence-corrected chi connectivity index (χ4v) is 4.17. The molecule has 0 saturated carbocycles. The van der Waals surface area contributed by atoms with Gasteiger partial charge in [0.05, 0.1) is 10.6 Å².